The van der Waals surface area contributed by atoms with Crippen molar-refractivity contribution in [2.24, 2.45) is 0 Å². The van der Waals surface area contributed by atoms with Crippen molar-refractivity contribution in [2.45, 2.75) is 31.8 Å². The molecule has 1 aliphatic heterocycles. The summed E-state index contributed by atoms with van der Waals surface area (Å²) in [7, 11) is 0. The molecule has 2 aromatic carbocycles. The maximum absolute atomic E-state index is 12.3. The fraction of sp³-hybridized carbons (Fsp3) is 0.278. The number of rotatable bonds is 4. The zero-order valence-electron chi connectivity index (χ0n) is 13.6. The number of hydrogen-bond donors (Lipinski definition) is 3. The SMILES string of the molecule is CC(C)(NC(=O)C[C@H]1NC(=O)NC1=O)c1cccc2ccccc12. The van der Waals surface area contributed by atoms with E-state index in [-0.39, 0.29) is 12.3 Å². The van der Waals surface area contributed by atoms with Crippen molar-refractivity contribution in [1.29, 1.82) is 0 Å². The zero-order valence-corrected chi connectivity index (χ0v) is 13.6. The molecule has 1 saturated heterocycles. The van der Waals surface area contributed by atoms with E-state index in [0.29, 0.717) is 0 Å². The fourth-order valence-corrected chi connectivity index (χ4v) is 3.03. The number of urea groups is 1. The topological polar surface area (TPSA) is 87.3 Å². The molecule has 0 radical (unpaired) electrons. The van der Waals surface area contributed by atoms with Crippen molar-refractivity contribution in [3.63, 3.8) is 0 Å². The number of nitrogens with one attached hydrogen (secondary N) is 3. The van der Waals surface area contributed by atoms with Crippen LogP contribution in [0.4, 0.5) is 4.79 Å². The van der Waals surface area contributed by atoms with E-state index in [9.17, 15) is 14.4 Å². The molecule has 1 heterocycles. The fourth-order valence-electron chi connectivity index (χ4n) is 3.03. The molecule has 0 unspecified atom stereocenters. The van der Waals surface area contributed by atoms with Crippen LogP contribution in [0.25, 0.3) is 10.8 Å². The van der Waals surface area contributed by atoms with Gasteiger partial charge in [-0.1, -0.05) is 42.5 Å². The van der Waals surface area contributed by atoms with Gasteiger partial charge in [-0.25, -0.2) is 4.79 Å². The van der Waals surface area contributed by atoms with E-state index in [4.69, 9.17) is 0 Å². The second-order valence-corrected chi connectivity index (χ2v) is 6.42. The highest BCUT2D eigenvalue weighted by molar-refractivity contribution is 6.05. The smallest absolute Gasteiger partial charge is 0.322 e. The van der Waals surface area contributed by atoms with Crippen molar-refractivity contribution in [1.82, 2.24) is 16.0 Å². The first-order valence-corrected chi connectivity index (χ1v) is 7.77. The number of imide groups is 1. The van der Waals surface area contributed by atoms with Gasteiger partial charge in [0.05, 0.1) is 12.0 Å². The largest absolute Gasteiger partial charge is 0.347 e. The highest BCUT2D eigenvalue weighted by Crippen LogP contribution is 2.28. The van der Waals surface area contributed by atoms with Crippen LogP contribution in [-0.2, 0) is 15.1 Å². The van der Waals surface area contributed by atoms with Gasteiger partial charge in [0.25, 0.3) is 5.91 Å². The quantitative estimate of drug-likeness (QED) is 0.749. The molecule has 0 bridgehead atoms. The first kappa shape index (κ1) is 16.0. The summed E-state index contributed by atoms with van der Waals surface area (Å²) in [5.74, 6) is -0.770. The molecular weight excluding hydrogens is 306 g/mol. The van der Waals surface area contributed by atoms with Gasteiger partial charge in [-0.15, -0.1) is 0 Å². The van der Waals surface area contributed by atoms with Gasteiger partial charge < -0.3 is 10.6 Å². The Morgan fingerprint density at radius 1 is 1.12 bits per heavy atom. The summed E-state index contributed by atoms with van der Waals surface area (Å²) in [5, 5.41) is 9.67. The standard InChI is InChI=1S/C18H19N3O3/c1-18(2,13-9-5-7-11-6-3-4-8-12(11)13)21-15(22)10-14-16(23)20-17(24)19-14/h3-9,14H,10H2,1-2H3,(H,21,22)(H2,19,20,23,24)/t14-/m1/s1. The van der Waals surface area contributed by atoms with Gasteiger partial charge in [-0.2, -0.15) is 0 Å². The predicted molar refractivity (Wildman–Crippen MR) is 90.2 cm³/mol. The monoisotopic (exact) mass is 325 g/mol. The van der Waals surface area contributed by atoms with Crippen LogP contribution in [0.5, 0.6) is 0 Å². The van der Waals surface area contributed by atoms with Crippen LogP contribution >= 0.6 is 0 Å². The van der Waals surface area contributed by atoms with Gasteiger partial charge in [0, 0.05) is 0 Å². The van der Waals surface area contributed by atoms with E-state index in [1.54, 1.807) is 0 Å². The lowest BCUT2D eigenvalue weighted by atomic mass is 9.89. The Kier molecular flexibility index (Phi) is 3.97. The van der Waals surface area contributed by atoms with Gasteiger partial charge in [0.2, 0.25) is 5.91 Å². The van der Waals surface area contributed by atoms with Crippen LogP contribution in [0.15, 0.2) is 42.5 Å². The first-order chi connectivity index (χ1) is 11.4. The molecule has 24 heavy (non-hydrogen) atoms. The number of carbonyl (C=O) groups excluding carboxylic acids is 3. The number of hydrogen-bond acceptors (Lipinski definition) is 3. The van der Waals surface area contributed by atoms with Crippen molar-refractivity contribution in [3.05, 3.63) is 48.0 Å². The lowest BCUT2D eigenvalue weighted by Crippen LogP contribution is -2.44. The molecule has 0 spiro atoms. The minimum absolute atomic E-state index is 0.0915. The lowest BCUT2D eigenvalue weighted by molar-refractivity contribution is -0.127. The van der Waals surface area contributed by atoms with E-state index in [1.165, 1.54) is 0 Å². The first-order valence-electron chi connectivity index (χ1n) is 7.77. The van der Waals surface area contributed by atoms with Crippen LogP contribution in [0.2, 0.25) is 0 Å². The Morgan fingerprint density at radius 2 is 1.83 bits per heavy atom. The van der Waals surface area contributed by atoms with Crippen molar-refractivity contribution >= 4 is 28.6 Å². The molecule has 0 aromatic heterocycles. The third-order valence-electron chi connectivity index (χ3n) is 4.16. The summed E-state index contributed by atoms with van der Waals surface area (Å²) in [6.07, 6.45) is -0.0915. The minimum atomic E-state index is -0.819. The summed E-state index contributed by atoms with van der Waals surface area (Å²) in [6, 6.07) is 12.5. The Morgan fingerprint density at radius 3 is 2.54 bits per heavy atom. The molecule has 3 N–H and O–H groups in total. The van der Waals surface area contributed by atoms with Gasteiger partial charge >= 0.3 is 6.03 Å². The van der Waals surface area contributed by atoms with E-state index < -0.39 is 23.5 Å². The maximum Gasteiger partial charge on any atom is 0.322 e. The van der Waals surface area contributed by atoms with Crippen LogP contribution < -0.4 is 16.0 Å². The highest BCUT2D eigenvalue weighted by Gasteiger charge is 2.33. The molecule has 2 aromatic rings. The molecule has 6 heteroatoms. The number of carbonyl (C=O) groups is 3. The van der Waals surface area contributed by atoms with Gasteiger partial charge in [0.1, 0.15) is 6.04 Å². The molecule has 0 aliphatic carbocycles. The average Bonchev–Trinajstić information content (AvgIpc) is 2.83. The highest BCUT2D eigenvalue weighted by atomic mass is 16.2. The maximum atomic E-state index is 12.3. The molecule has 6 nitrogen and oxygen atoms in total. The van der Waals surface area contributed by atoms with E-state index in [1.807, 2.05) is 56.3 Å². The molecule has 0 saturated carbocycles. The second kappa shape index (κ2) is 5.96. The Balaban J connectivity index is 1.79. The van der Waals surface area contributed by atoms with Crippen LogP contribution in [0, 0.1) is 0 Å². The average molecular weight is 325 g/mol. The summed E-state index contributed by atoms with van der Waals surface area (Å²) >= 11 is 0. The van der Waals surface area contributed by atoms with Gasteiger partial charge in [0.15, 0.2) is 0 Å². The number of amides is 4. The van der Waals surface area contributed by atoms with E-state index >= 15 is 0 Å². The van der Waals surface area contributed by atoms with Crippen molar-refractivity contribution in [3.8, 4) is 0 Å². The number of benzene rings is 2. The summed E-state index contributed by atoms with van der Waals surface area (Å²) in [4.78, 5) is 35.0. The molecule has 3 rings (SSSR count). The molecular formula is C18H19N3O3. The Hall–Kier alpha value is -2.89. The van der Waals surface area contributed by atoms with Gasteiger partial charge in [-0.3, -0.25) is 14.9 Å². The molecule has 124 valence electrons. The van der Waals surface area contributed by atoms with Crippen molar-refractivity contribution in [2.75, 3.05) is 0 Å². The lowest BCUT2D eigenvalue weighted by Gasteiger charge is -2.28. The van der Waals surface area contributed by atoms with E-state index in [2.05, 4.69) is 16.0 Å². The zero-order chi connectivity index (χ0) is 17.3. The van der Waals surface area contributed by atoms with E-state index in [0.717, 1.165) is 16.3 Å². The van der Waals surface area contributed by atoms with Crippen LogP contribution in [-0.4, -0.2) is 23.9 Å². The summed E-state index contributed by atoms with van der Waals surface area (Å²) < 4.78 is 0. The van der Waals surface area contributed by atoms with Gasteiger partial charge in [-0.05, 0) is 30.2 Å². The number of fused-ring (bicyclic) bond motifs is 1. The Bertz CT molecular complexity index is 824. The third-order valence-corrected chi connectivity index (χ3v) is 4.16. The molecule has 1 aliphatic rings. The molecule has 1 fully saturated rings. The summed E-state index contributed by atoms with van der Waals surface area (Å²) in [6.45, 7) is 3.83. The van der Waals surface area contributed by atoms with Crippen LogP contribution in [0.3, 0.4) is 0 Å². The van der Waals surface area contributed by atoms with Crippen molar-refractivity contribution < 1.29 is 14.4 Å². The Labute approximate surface area is 139 Å². The predicted octanol–water partition coefficient (Wildman–Crippen LogP) is 1.79. The minimum Gasteiger partial charge on any atom is -0.347 e. The molecule has 4 amide bonds. The molecule has 1 atom stereocenters. The third kappa shape index (κ3) is 3.08. The normalized spacial score (nSPS) is 17.5. The van der Waals surface area contributed by atoms with Crippen LogP contribution in [0.1, 0.15) is 25.8 Å². The second-order valence-electron chi connectivity index (χ2n) is 6.42. The summed E-state index contributed by atoms with van der Waals surface area (Å²) in [5.41, 5.74) is 0.380.